The molecule has 0 spiro atoms. The number of anilines is 1. The van der Waals surface area contributed by atoms with E-state index in [1.165, 1.54) is 0 Å². The number of amides is 2. The number of carbonyl (C=O) groups excluding carboxylic acids is 1. The van der Waals surface area contributed by atoms with Crippen molar-refractivity contribution in [2.24, 2.45) is 0 Å². The summed E-state index contributed by atoms with van der Waals surface area (Å²) in [5, 5.41) is 3.60. The van der Waals surface area contributed by atoms with Crippen molar-refractivity contribution in [1.29, 1.82) is 0 Å². The number of hydrogen-bond donors (Lipinski definition) is 1. The predicted molar refractivity (Wildman–Crippen MR) is 107 cm³/mol. The van der Waals surface area contributed by atoms with Gasteiger partial charge in [-0.2, -0.15) is 0 Å². The summed E-state index contributed by atoms with van der Waals surface area (Å²) >= 11 is 5.89. The van der Waals surface area contributed by atoms with E-state index in [2.05, 4.69) is 11.4 Å². The summed E-state index contributed by atoms with van der Waals surface area (Å²) in [7, 11) is 1.77. The molecule has 0 fully saturated rings. The Morgan fingerprint density at radius 1 is 1.26 bits per heavy atom. The van der Waals surface area contributed by atoms with E-state index in [-0.39, 0.29) is 6.03 Å². The predicted octanol–water partition coefficient (Wildman–Crippen LogP) is 4.73. The summed E-state index contributed by atoms with van der Waals surface area (Å²) in [6.45, 7) is 2.33. The van der Waals surface area contributed by atoms with Crippen molar-refractivity contribution < 1.29 is 14.3 Å². The highest BCUT2D eigenvalue weighted by molar-refractivity contribution is 6.30. The van der Waals surface area contributed by atoms with Crippen LogP contribution in [0.3, 0.4) is 0 Å². The summed E-state index contributed by atoms with van der Waals surface area (Å²) < 4.78 is 11.2. The number of benzene rings is 2. The van der Waals surface area contributed by atoms with Gasteiger partial charge in [0.05, 0.1) is 13.2 Å². The quantitative estimate of drug-likeness (QED) is 0.730. The second kappa shape index (κ2) is 9.44. The molecule has 6 heteroatoms. The summed E-state index contributed by atoms with van der Waals surface area (Å²) in [6.07, 6.45) is 3.04. The molecule has 0 saturated carbocycles. The molecule has 1 heterocycles. The summed E-state index contributed by atoms with van der Waals surface area (Å²) in [5.74, 6) is 0.689. The molecule has 2 amide bonds. The Hall–Kier alpha value is -2.50. The zero-order valence-corrected chi connectivity index (χ0v) is 16.0. The third-order valence-corrected chi connectivity index (χ3v) is 4.43. The van der Waals surface area contributed by atoms with Crippen molar-refractivity contribution in [1.82, 2.24) is 4.90 Å². The van der Waals surface area contributed by atoms with Gasteiger partial charge in [0, 0.05) is 30.4 Å². The van der Waals surface area contributed by atoms with Gasteiger partial charge in [-0.1, -0.05) is 35.9 Å². The van der Waals surface area contributed by atoms with Crippen LogP contribution in [0.5, 0.6) is 5.75 Å². The molecule has 0 bridgehead atoms. The summed E-state index contributed by atoms with van der Waals surface area (Å²) in [6, 6.07) is 14.7. The molecule has 0 atom stereocenters. The Bertz CT molecular complexity index is 805. The molecular weight excluding hydrogens is 364 g/mol. The van der Waals surface area contributed by atoms with Crippen LogP contribution in [0.25, 0.3) is 0 Å². The first-order chi connectivity index (χ1) is 13.1. The number of halogens is 1. The Balaban J connectivity index is 1.53. The zero-order valence-electron chi connectivity index (χ0n) is 15.3. The minimum absolute atomic E-state index is 0.170. The minimum Gasteiger partial charge on any atom is -0.489 e. The van der Waals surface area contributed by atoms with Crippen LogP contribution < -0.4 is 10.1 Å². The van der Waals surface area contributed by atoms with Crippen LogP contribution in [0.2, 0.25) is 5.02 Å². The van der Waals surface area contributed by atoms with Gasteiger partial charge in [-0.05, 0) is 41.8 Å². The highest BCUT2D eigenvalue weighted by Gasteiger charge is 2.13. The lowest BCUT2D eigenvalue weighted by Gasteiger charge is -2.22. The largest absolute Gasteiger partial charge is 0.489 e. The van der Waals surface area contributed by atoms with Crippen molar-refractivity contribution in [2.45, 2.75) is 13.0 Å². The highest BCUT2D eigenvalue weighted by atomic mass is 35.5. The normalized spacial score (nSPS) is 13.6. The van der Waals surface area contributed by atoms with Crippen molar-refractivity contribution in [3.8, 4) is 5.75 Å². The molecule has 0 aliphatic carbocycles. The SMILES string of the molecule is CN(CC1=CCCOC1)C(=O)Nc1cccc(OCc2ccc(Cl)cc2)c1. The molecular formula is C21H23ClN2O3. The number of nitrogens with zero attached hydrogens (tertiary/aromatic N) is 1. The first-order valence-electron chi connectivity index (χ1n) is 8.85. The number of ether oxygens (including phenoxy) is 2. The summed E-state index contributed by atoms with van der Waals surface area (Å²) in [4.78, 5) is 14.0. The van der Waals surface area contributed by atoms with E-state index in [9.17, 15) is 4.79 Å². The van der Waals surface area contributed by atoms with Gasteiger partial charge >= 0.3 is 6.03 Å². The van der Waals surface area contributed by atoms with Gasteiger partial charge in [-0.15, -0.1) is 0 Å². The molecule has 0 unspecified atom stereocenters. The van der Waals surface area contributed by atoms with Crippen LogP contribution in [-0.2, 0) is 11.3 Å². The van der Waals surface area contributed by atoms with Crippen LogP contribution in [0.15, 0.2) is 60.2 Å². The van der Waals surface area contributed by atoms with Crippen LogP contribution >= 0.6 is 11.6 Å². The molecule has 2 aromatic carbocycles. The molecule has 142 valence electrons. The summed E-state index contributed by atoms with van der Waals surface area (Å²) in [5.41, 5.74) is 2.84. The first kappa shape index (κ1) is 19.3. The van der Waals surface area contributed by atoms with Gasteiger partial charge in [0.2, 0.25) is 0 Å². The second-order valence-electron chi connectivity index (χ2n) is 6.43. The average molecular weight is 387 g/mol. The number of likely N-dealkylation sites (N-methyl/N-ethyl adjacent to an activating group) is 1. The lowest BCUT2D eigenvalue weighted by molar-refractivity contribution is 0.145. The molecule has 27 heavy (non-hydrogen) atoms. The second-order valence-corrected chi connectivity index (χ2v) is 6.87. The lowest BCUT2D eigenvalue weighted by Crippen LogP contribution is -2.34. The van der Waals surface area contributed by atoms with Crippen molar-refractivity contribution in [3.05, 3.63) is 70.8 Å². The molecule has 2 aromatic rings. The number of hydrogen-bond acceptors (Lipinski definition) is 3. The van der Waals surface area contributed by atoms with Crippen LogP contribution in [-0.4, -0.2) is 37.7 Å². The fourth-order valence-electron chi connectivity index (χ4n) is 2.73. The number of nitrogens with one attached hydrogen (secondary N) is 1. The molecule has 1 aliphatic heterocycles. The molecule has 1 N–H and O–H groups in total. The molecule has 3 rings (SSSR count). The van der Waals surface area contributed by atoms with Gasteiger partial charge in [0.25, 0.3) is 0 Å². The fourth-order valence-corrected chi connectivity index (χ4v) is 2.85. The topological polar surface area (TPSA) is 50.8 Å². The van der Waals surface area contributed by atoms with E-state index in [4.69, 9.17) is 21.1 Å². The van der Waals surface area contributed by atoms with Crippen molar-refractivity contribution >= 4 is 23.3 Å². The molecule has 5 nitrogen and oxygen atoms in total. The number of carbonyl (C=O) groups is 1. The lowest BCUT2D eigenvalue weighted by atomic mass is 10.2. The maximum atomic E-state index is 12.4. The first-order valence-corrected chi connectivity index (χ1v) is 9.23. The third kappa shape index (κ3) is 6.01. The molecule has 1 aliphatic rings. The monoisotopic (exact) mass is 386 g/mol. The van der Waals surface area contributed by atoms with Crippen LogP contribution in [0, 0.1) is 0 Å². The van der Waals surface area contributed by atoms with E-state index in [1.54, 1.807) is 11.9 Å². The van der Waals surface area contributed by atoms with Crippen LogP contribution in [0.4, 0.5) is 10.5 Å². The van der Waals surface area contributed by atoms with E-state index >= 15 is 0 Å². The Labute approximate surface area is 164 Å². The van der Waals surface area contributed by atoms with E-state index in [1.807, 2.05) is 48.5 Å². The maximum Gasteiger partial charge on any atom is 0.321 e. The Morgan fingerprint density at radius 3 is 2.81 bits per heavy atom. The number of urea groups is 1. The smallest absolute Gasteiger partial charge is 0.321 e. The minimum atomic E-state index is -0.170. The van der Waals surface area contributed by atoms with Gasteiger partial charge in [-0.3, -0.25) is 0 Å². The molecule has 0 saturated heterocycles. The Kier molecular flexibility index (Phi) is 6.74. The van der Waals surface area contributed by atoms with Crippen molar-refractivity contribution in [3.63, 3.8) is 0 Å². The van der Waals surface area contributed by atoms with Crippen molar-refractivity contribution in [2.75, 3.05) is 32.1 Å². The molecule has 0 radical (unpaired) electrons. The van der Waals surface area contributed by atoms with Gasteiger partial charge < -0.3 is 19.7 Å². The third-order valence-electron chi connectivity index (χ3n) is 4.17. The standard InChI is InChI=1S/C21H23ClN2O3/c1-24(13-17-4-3-11-26-14-17)21(25)23-19-5-2-6-20(12-19)27-15-16-7-9-18(22)10-8-16/h2,4-10,12H,3,11,13-15H2,1H3,(H,23,25). The number of rotatable bonds is 6. The molecule has 0 aromatic heterocycles. The average Bonchev–Trinajstić information content (AvgIpc) is 2.68. The fraction of sp³-hybridized carbons (Fsp3) is 0.286. The van der Waals surface area contributed by atoms with E-state index in [0.29, 0.717) is 36.2 Å². The maximum absolute atomic E-state index is 12.4. The van der Waals surface area contributed by atoms with Crippen LogP contribution in [0.1, 0.15) is 12.0 Å². The van der Waals surface area contributed by atoms with Gasteiger partial charge in [-0.25, -0.2) is 4.79 Å². The van der Waals surface area contributed by atoms with Gasteiger partial charge in [0.1, 0.15) is 12.4 Å². The Morgan fingerprint density at radius 2 is 2.07 bits per heavy atom. The van der Waals surface area contributed by atoms with Gasteiger partial charge in [0.15, 0.2) is 0 Å². The highest BCUT2D eigenvalue weighted by Crippen LogP contribution is 2.20. The van der Waals surface area contributed by atoms with E-state index < -0.39 is 0 Å². The zero-order chi connectivity index (χ0) is 19.1. The van der Waals surface area contributed by atoms with E-state index in [0.717, 1.165) is 24.2 Å².